The Balaban J connectivity index is 2.12. The maximum atomic E-state index is 12.2. The van der Waals surface area contributed by atoms with Gasteiger partial charge in [-0.05, 0) is 42.8 Å². The molecule has 24 heavy (non-hydrogen) atoms. The molecule has 2 aromatic rings. The Morgan fingerprint density at radius 3 is 2.75 bits per heavy atom. The van der Waals surface area contributed by atoms with E-state index in [9.17, 15) is 13.6 Å². The number of anilines is 1. The molecule has 2 rings (SSSR count). The van der Waals surface area contributed by atoms with Crippen molar-refractivity contribution in [1.82, 2.24) is 0 Å². The number of hydrogen-bond acceptors (Lipinski definition) is 4. The zero-order valence-electron chi connectivity index (χ0n) is 13.1. The van der Waals surface area contributed by atoms with Gasteiger partial charge in [0.1, 0.15) is 12.4 Å². The second kappa shape index (κ2) is 8.06. The smallest absolute Gasteiger partial charge is 0.272 e. The summed E-state index contributed by atoms with van der Waals surface area (Å²) in [4.78, 5) is 11.7. The van der Waals surface area contributed by atoms with Crippen LogP contribution in [0.4, 0.5) is 14.5 Å². The molecule has 6 heteroatoms. The standard InChI is InChI=1S/C18H16F2N2O2/c1-12(23)16-6-5-13(9-21)8-17(16)22-10-14-3-2-4-15(7-14)24-11-18(19)20/h2-8,18,22H,10-11H2,1H3. The molecule has 124 valence electrons. The Kier molecular flexibility index (Phi) is 5.85. The number of nitrogens with one attached hydrogen (secondary N) is 1. The largest absolute Gasteiger partial charge is 0.488 e. The van der Waals surface area contributed by atoms with E-state index < -0.39 is 13.0 Å². The summed E-state index contributed by atoms with van der Waals surface area (Å²) in [7, 11) is 0. The molecule has 0 saturated heterocycles. The summed E-state index contributed by atoms with van der Waals surface area (Å²) in [6.07, 6.45) is -2.53. The zero-order valence-corrected chi connectivity index (χ0v) is 13.1. The number of nitrogens with zero attached hydrogens (tertiary/aromatic N) is 1. The number of nitriles is 1. The number of halogens is 2. The van der Waals surface area contributed by atoms with E-state index in [1.54, 1.807) is 36.4 Å². The van der Waals surface area contributed by atoms with Gasteiger partial charge in [-0.1, -0.05) is 12.1 Å². The van der Waals surface area contributed by atoms with Gasteiger partial charge in [-0.2, -0.15) is 5.26 Å². The van der Waals surface area contributed by atoms with Gasteiger partial charge in [-0.3, -0.25) is 4.79 Å². The van der Waals surface area contributed by atoms with Crippen molar-refractivity contribution in [2.45, 2.75) is 19.9 Å². The third-order valence-corrected chi connectivity index (χ3v) is 3.29. The second-order valence-corrected chi connectivity index (χ2v) is 5.13. The van der Waals surface area contributed by atoms with Gasteiger partial charge in [0.05, 0.1) is 11.6 Å². The van der Waals surface area contributed by atoms with Crippen LogP contribution in [0.5, 0.6) is 5.75 Å². The molecule has 0 aliphatic carbocycles. The third kappa shape index (κ3) is 4.78. The molecule has 0 unspecified atom stereocenters. The van der Waals surface area contributed by atoms with Crippen molar-refractivity contribution in [3.05, 3.63) is 59.2 Å². The number of alkyl halides is 2. The Morgan fingerprint density at radius 1 is 1.29 bits per heavy atom. The van der Waals surface area contributed by atoms with E-state index in [2.05, 4.69) is 5.32 Å². The first kappa shape index (κ1) is 17.4. The molecule has 0 heterocycles. The van der Waals surface area contributed by atoms with Crippen LogP contribution in [0.25, 0.3) is 0 Å². The Labute approximate surface area is 138 Å². The topological polar surface area (TPSA) is 62.1 Å². The van der Waals surface area contributed by atoms with E-state index in [4.69, 9.17) is 10.00 Å². The average Bonchev–Trinajstić information content (AvgIpc) is 2.58. The van der Waals surface area contributed by atoms with Gasteiger partial charge in [-0.25, -0.2) is 8.78 Å². The highest BCUT2D eigenvalue weighted by Gasteiger charge is 2.09. The maximum absolute atomic E-state index is 12.2. The summed E-state index contributed by atoms with van der Waals surface area (Å²) in [6.45, 7) is 1.15. The first-order valence-electron chi connectivity index (χ1n) is 7.28. The van der Waals surface area contributed by atoms with Crippen molar-refractivity contribution in [3.8, 4) is 11.8 Å². The molecule has 0 bridgehead atoms. The predicted octanol–water partition coefficient (Wildman–Crippen LogP) is 4.02. The summed E-state index contributed by atoms with van der Waals surface area (Å²) < 4.78 is 29.4. The number of ketones is 1. The first-order valence-corrected chi connectivity index (χ1v) is 7.28. The minimum absolute atomic E-state index is 0.115. The summed E-state index contributed by atoms with van der Waals surface area (Å²) in [6, 6.07) is 13.6. The summed E-state index contributed by atoms with van der Waals surface area (Å²) in [5, 5.41) is 12.1. The van der Waals surface area contributed by atoms with Crippen LogP contribution in [0.3, 0.4) is 0 Å². The molecule has 0 saturated carbocycles. The molecule has 0 fully saturated rings. The first-order chi connectivity index (χ1) is 11.5. The average molecular weight is 330 g/mol. The Hall–Kier alpha value is -2.94. The highest BCUT2D eigenvalue weighted by molar-refractivity contribution is 5.99. The molecule has 4 nitrogen and oxygen atoms in total. The highest BCUT2D eigenvalue weighted by Crippen LogP contribution is 2.20. The number of Topliss-reactive ketones (excluding diaryl/α,β-unsaturated/α-hetero) is 1. The lowest BCUT2D eigenvalue weighted by Gasteiger charge is -2.12. The van der Waals surface area contributed by atoms with Gasteiger partial charge < -0.3 is 10.1 Å². The van der Waals surface area contributed by atoms with Crippen molar-refractivity contribution >= 4 is 11.5 Å². The molecule has 2 aromatic carbocycles. The molecule has 0 spiro atoms. The number of benzene rings is 2. The second-order valence-electron chi connectivity index (χ2n) is 5.13. The van der Waals surface area contributed by atoms with Crippen LogP contribution < -0.4 is 10.1 Å². The maximum Gasteiger partial charge on any atom is 0.272 e. The minimum atomic E-state index is -2.53. The van der Waals surface area contributed by atoms with Crippen LogP contribution in [0.1, 0.15) is 28.4 Å². The number of hydrogen-bond donors (Lipinski definition) is 1. The number of rotatable bonds is 7. The van der Waals surface area contributed by atoms with Crippen molar-refractivity contribution in [2.24, 2.45) is 0 Å². The lowest BCUT2D eigenvalue weighted by atomic mass is 10.1. The molecule has 1 N–H and O–H groups in total. The van der Waals surface area contributed by atoms with Gasteiger partial charge in [0.2, 0.25) is 0 Å². The predicted molar refractivity (Wildman–Crippen MR) is 86.4 cm³/mol. The van der Waals surface area contributed by atoms with E-state index >= 15 is 0 Å². The summed E-state index contributed by atoms with van der Waals surface area (Å²) in [5.74, 6) is 0.239. The van der Waals surface area contributed by atoms with Crippen LogP contribution in [-0.2, 0) is 6.54 Å². The van der Waals surface area contributed by atoms with Crippen molar-refractivity contribution in [2.75, 3.05) is 11.9 Å². The molecule has 0 aliphatic rings. The van der Waals surface area contributed by atoms with Crippen molar-refractivity contribution < 1.29 is 18.3 Å². The van der Waals surface area contributed by atoms with Gasteiger partial charge in [-0.15, -0.1) is 0 Å². The number of carbonyl (C=O) groups is 1. The SMILES string of the molecule is CC(=O)c1ccc(C#N)cc1NCc1cccc(OCC(F)F)c1. The van der Waals surface area contributed by atoms with Gasteiger partial charge >= 0.3 is 0 Å². The normalized spacial score (nSPS) is 10.3. The van der Waals surface area contributed by atoms with E-state index in [0.717, 1.165) is 5.56 Å². The van der Waals surface area contributed by atoms with Crippen LogP contribution >= 0.6 is 0 Å². The summed E-state index contributed by atoms with van der Waals surface area (Å²) in [5.41, 5.74) is 2.29. The fourth-order valence-electron chi connectivity index (χ4n) is 2.17. The lowest BCUT2D eigenvalue weighted by molar-refractivity contribution is 0.0818. The quantitative estimate of drug-likeness (QED) is 0.779. The van der Waals surface area contributed by atoms with Crippen molar-refractivity contribution in [1.29, 1.82) is 5.26 Å². The van der Waals surface area contributed by atoms with Crippen LogP contribution in [-0.4, -0.2) is 18.8 Å². The van der Waals surface area contributed by atoms with Crippen LogP contribution in [0.2, 0.25) is 0 Å². The van der Waals surface area contributed by atoms with Crippen LogP contribution in [0, 0.1) is 11.3 Å². The molecule has 0 aromatic heterocycles. The van der Waals surface area contributed by atoms with Crippen molar-refractivity contribution in [3.63, 3.8) is 0 Å². The molecular formula is C18H16F2N2O2. The Bertz CT molecular complexity index is 770. The summed E-state index contributed by atoms with van der Waals surface area (Å²) >= 11 is 0. The molecule has 0 amide bonds. The highest BCUT2D eigenvalue weighted by atomic mass is 19.3. The lowest BCUT2D eigenvalue weighted by Crippen LogP contribution is -2.08. The third-order valence-electron chi connectivity index (χ3n) is 3.29. The van der Waals surface area contributed by atoms with Gasteiger partial charge in [0, 0.05) is 17.8 Å². The molecule has 0 atom stereocenters. The van der Waals surface area contributed by atoms with Crippen LogP contribution in [0.15, 0.2) is 42.5 Å². The van der Waals surface area contributed by atoms with Gasteiger partial charge in [0.15, 0.2) is 5.78 Å². The van der Waals surface area contributed by atoms with E-state index in [1.165, 1.54) is 6.92 Å². The number of carbonyl (C=O) groups excluding carboxylic acids is 1. The monoisotopic (exact) mass is 330 g/mol. The van der Waals surface area contributed by atoms with E-state index in [0.29, 0.717) is 29.1 Å². The minimum Gasteiger partial charge on any atom is -0.488 e. The Morgan fingerprint density at radius 2 is 2.08 bits per heavy atom. The van der Waals surface area contributed by atoms with E-state index in [-0.39, 0.29) is 5.78 Å². The molecule has 0 radical (unpaired) electrons. The molecular weight excluding hydrogens is 314 g/mol. The van der Waals surface area contributed by atoms with Gasteiger partial charge in [0.25, 0.3) is 6.43 Å². The fraction of sp³-hybridized carbons (Fsp3) is 0.222. The molecule has 0 aliphatic heterocycles. The zero-order chi connectivity index (χ0) is 17.5. The van der Waals surface area contributed by atoms with E-state index in [1.807, 2.05) is 12.1 Å². The number of ether oxygens (including phenoxy) is 1. The fourth-order valence-corrected chi connectivity index (χ4v) is 2.17.